The Morgan fingerprint density at radius 2 is 2.21 bits per heavy atom. The van der Waals surface area contributed by atoms with Gasteiger partial charge in [-0.3, -0.25) is 0 Å². The lowest BCUT2D eigenvalue weighted by molar-refractivity contribution is 0.0696. The molecule has 1 aromatic carbocycles. The van der Waals surface area contributed by atoms with E-state index in [0.29, 0.717) is 17.6 Å². The number of aromatic carboxylic acids is 1. The van der Waals surface area contributed by atoms with E-state index in [1.165, 1.54) is 0 Å². The van der Waals surface area contributed by atoms with Gasteiger partial charge in [0.2, 0.25) is 0 Å². The third-order valence-corrected chi connectivity index (χ3v) is 2.31. The Morgan fingerprint density at radius 1 is 1.43 bits per heavy atom. The van der Waals surface area contributed by atoms with Gasteiger partial charge in [0.1, 0.15) is 5.58 Å². The van der Waals surface area contributed by atoms with E-state index >= 15 is 0 Å². The zero-order valence-corrected chi connectivity index (χ0v) is 7.78. The summed E-state index contributed by atoms with van der Waals surface area (Å²) in [7, 11) is 0. The minimum Gasteiger partial charge on any atom is -0.478 e. The van der Waals surface area contributed by atoms with Gasteiger partial charge in [0.15, 0.2) is 0 Å². The van der Waals surface area contributed by atoms with Crippen molar-refractivity contribution < 1.29 is 14.3 Å². The molecule has 0 aliphatic carbocycles. The fourth-order valence-electron chi connectivity index (χ4n) is 1.64. The number of benzene rings is 1. The van der Waals surface area contributed by atoms with Crippen LogP contribution in [0, 0.1) is 0 Å². The third kappa shape index (κ3) is 1.18. The number of carboxylic acids is 1. The third-order valence-electron chi connectivity index (χ3n) is 2.31. The summed E-state index contributed by atoms with van der Waals surface area (Å²) in [6.07, 6.45) is 2.24. The van der Waals surface area contributed by atoms with Crippen LogP contribution in [0.1, 0.15) is 22.8 Å². The van der Waals surface area contributed by atoms with Crippen LogP contribution in [0.2, 0.25) is 0 Å². The Bertz CT molecular complexity index is 482. The van der Waals surface area contributed by atoms with Crippen molar-refractivity contribution in [3.8, 4) is 0 Å². The second-order valence-corrected chi connectivity index (χ2v) is 3.09. The van der Waals surface area contributed by atoms with Crippen LogP contribution >= 0.6 is 0 Å². The number of aryl methyl sites for hydroxylation is 1. The largest absolute Gasteiger partial charge is 0.478 e. The first kappa shape index (κ1) is 8.81. The van der Waals surface area contributed by atoms with Crippen LogP contribution in [0.3, 0.4) is 0 Å². The molecule has 0 saturated heterocycles. The molecule has 2 rings (SSSR count). The van der Waals surface area contributed by atoms with Crippen molar-refractivity contribution in [2.75, 3.05) is 0 Å². The van der Waals surface area contributed by atoms with E-state index in [0.717, 1.165) is 10.9 Å². The second kappa shape index (κ2) is 3.18. The van der Waals surface area contributed by atoms with Gasteiger partial charge in [0, 0.05) is 10.9 Å². The summed E-state index contributed by atoms with van der Waals surface area (Å²) < 4.78 is 5.27. The Labute approximate surface area is 81.0 Å². The molecule has 1 aromatic heterocycles. The molecule has 1 N–H and O–H groups in total. The molecule has 0 aliphatic heterocycles. The van der Waals surface area contributed by atoms with Gasteiger partial charge in [0.25, 0.3) is 0 Å². The van der Waals surface area contributed by atoms with Gasteiger partial charge >= 0.3 is 5.97 Å². The molecule has 0 amide bonds. The standard InChI is InChI=1S/C11H10O3/c1-2-8-9(11(12)13)4-3-7-5-6-14-10(7)8/h3-6H,2H2,1H3,(H,12,13). The Kier molecular flexibility index (Phi) is 2.00. The van der Waals surface area contributed by atoms with Crippen molar-refractivity contribution in [2.24, 2.45) is 0 Å². The molecule has 0 bridgehead atoms. The lowest BCUT2D eigenvalue weighted by Crippen LogP contribution is -2.01. The molecule has 0 unspecified atom stereocenters. The first-order chi connectivity index (χ1) is 6.74. The maximum atomic E-state index is 10.9. The average molecular weight is 190 g/mol. The van der Waals surface area contributed by atoms with Crippen molar-refractivity contribution in [3.05, 3.63) is 35.6 Å². The number of carboxylic acid groups (broad SMARTS) is 1. The highest BCUT2D eigenvalue weighted by atomic mass is 16.4. The highest BCUT2D eigenvalue weighted by Gasteiger charge is 2.13. The van der Waals surface area contributed by atoms with Gasteiger partial charge in [-0.25, -0.2) is 4.79 Å². The lowest BCUT2D eigenvalue weighted by atomic mass is 10.0. The smallest absolute Gasteiger partial charge is 0.336 e. The van der Waals surface area contributed by atoms with Crippen molar-refractivity contribution in [1.29, 1.82) is 0 Å². The van der Waals surface area contributed by atoms with Crippen LogP contribution in [0.5, 0.6) is 0 Å². The monoisotopic (exact) mass is 190 g/mol. The Balaban J connectivity index is 2.78. The van der Waals surface area contributed by atoms with Crippen molar-refractivity contribution in [3.63, 3.8) is 0 Å². The summed E-state index contributed by atoms with van der Waals surface area (Å²) >= 11 is 0. The first-order valence-corrected chi connectivity index (χ1v) is 4.46. The minimum absolute atomic E-state index is 0.329. The summed E-state index contributed by atoms with van der Waals surface area (Å²) in [5.41, 5.74) is 1.78. The van der Waals surface area contributed by atoms with Crippen LogP contribution in [0.4, 0.5) is 0 Å². The summed E-state index contributed by atoms with van der Waals surface area (Å²) in [6.45, 7) is 1.92. The fraction of sp³-hybridized carbons (Fsp3) is 0.182. The molecular formula is C11H10O3. The molecule has 0 saturated carbocycles. The summed E-state index contributed by atoms with van der Waals surface area (Å²) in [5.74, 6) is -0.903. The van der Waals surface area contributed by atoms with Crippen molar-refractivity contribution in [1.82, 2.24) is 0 Å². The van der Waals surface area contributed by atoms with Crippen LogP contribution in [0.25, 0.3) is 11.0 Å². The average Bonchev–Trinajstić information content (AvgIpc) is 2.63. The number of fused-ring (bicyclic) bond motifs is 1. The van der Waals surface area contributed by atoms with Crippen molar-refractivity contribution in [2.45, 2.75) is 13.3 Å². The maximum Gasteiger partial charge on any atom is 0.336 e. The van der Waals surface area contributed by atoms with E-state index in [1.807, 2.05) is 13.0 Å². The first-order valence-electron chi connectivity index (χ1n) is 4.46. The zero-order valence-electron chi connectivity index (χ0n) is 7.78. The molecule has 0 aliphatic rings. The molecule has 14 heavy (non-hydrogen) atoms. The second-order valence-electron chi connectivity index (χ2n) is 3.09. The molecule has 0 atom stereocenters. The molecular weight excluding hydrogens is 180 g/mol. The molecule has 0 fully saturated rings. The lowest BCUT2D eigenvalue weighted by Gasteiger charge is -2.03. The predicted octanol–water partition coefficient (Wildman–Crippen LogP) is 2.69. The zero-order chi connectivity index (χ0) is 10.1. The molecule has 72 valence electrons. The Morgan fingerprint density at radius 3 is 2.86 bits per heavy atom. The molecule has 2 aromatic rings. The van der Waals surface area contributed by atoms with Gasteiger partial charge in [-0.2, -0.15) is 0 Å². The molecule has 0 radical (unpaired) electrons. The molecule has 0 spiro atoms. The van der Waals surface area contributed by atoms with Gasteiger partial charge in [-0.15, -0.1) is 0 Å². The summed E-state index contributed by atoms with van der Waals surface area (Å²) in [6, 6.07) is 5.22. The van der Waals surface area contributed by atoms with Crippen molar-refractivity contribution >= 4 is 16.9 Å². The highest BCUT2D eigenvalue weighted by molar-refractivity contribution is 5.95. The number of furan rings is 1. The maximum absolute atomic E-state index is 10.9. The van der Waals surface area contributed by atoms with E-state index in [4.69, 9.17) is 9.52 Å². The summed E-state index contributed by atoms with van der Waals surface area (Å²) in [5, 5.41) is 9.90. The van der Waals surface area contributed by atoms with E-state index in [9.17, 15) is 4.79 Å². The normalized spacial score (nSPS) is 10.6. The SMILES string of the molecule is CCc1c(C(=O)O)ccc2ccoc12. The molecule has 1 heterocycles. The van der Waals surface area contributed by atoms with Crippen LogP contribution < -0.4 is 0 Å². The predicted molar refractivity (Wildman–Crippen MR) is 52.6 cm³/mol. The van der Waals surface area contributed by atoms with E-state index in [2.05, 4.69) is 0 Å². The minimum atomic E-state index is -0.903. The topological polar surface area (TPSA) is 50.4 Å². The highest BCUT2D eigenvalue weighted by Crippen LogP contribution is 2.24. The summed E-state index contributed by atoms with van der Waals surface area (Å²) in [4.78, 5) is 10.9. The van der Waals surface area contributed by atoms with Crippen LogP contribution in [-0.2, 0) is 6.42 Å². The van der Waals surface area contributed by atoms with E-state index in [-0.39, 0.29) is 0 Å². The van der Waals surface area contributed by atoms with E-state index < -0.39 is 5.97 Å². The fourth-order valence-corrected chi connectivity index (χ4v) is 1.64. The van der Waals surface area contributed by atoms with Gasteiger partial charge in [-0.05, 0) is 18.6 Å². The number of hydrogen-bond donors (Lipinski definition) is 1. The quantitative estimate of drug-likeness (QED) is 0.792. The van der Waals surface area contributed by atoms with Gasteiger partial charge < -0.3 is 9.52 Å². The van der Waals surface area contributed by atoms with Crippen LogP contribution in [0.15, 0.2) is 28.9 Å². The number of carbonyl (C=O) groups is 1. The van der Waals surface area contributed by atoms with Gasteiger partial charge in [-0.1, -0.05) is 13.0 Å². The Hall–Kier alpha value is -1.77. The van der Waals surface area contributed by atoms with Crippen LogP contribution in [-0.4, -0.2) is 11.1 Å². The van der Waals surface area contributed by atoms with Gasteiger partial charge in [0.05, 0.1) is 11.8 Å². The van der Waals surface area contributed by atoms with E-state index in [1.54, 1.807) is 18.4 Å². The number of rotatable bonds is 2. The molecule has 3 heteroatoms. The molecule has 3 nitrogen and oxygen atoms in total. The number of hydrogen-bond acceptors (Lipinski definition) is 2.